The molecule has 0 aliphatic rings. The number of carbonyl (C=O) groups excluding carboxylic acids is 1. The van der Waals surface area contributed by atoms with Crippen LogP contribution < -0.4 is 15.8 Å². The molecular weight excluding hydrogens is 295 g/mol. The molecule has 4 nitrogen and oxygen atoms in total. The number of nitrogens with two attached hydrogens (primary N) is 1. The number of ether oxygens (including phenoxy) is 1. The molecule has 0 spiro atoms. The van der Waals surface area contributed by atoms with Gasteiger partial charge in [0.15, 0.2) is 11.6 Å². The molecular formula is C15H24ClFN2O2. The SMILES string of the molecule is COc1ccc(CCNC(=O)[C@@H](N)CC(C)C)cc1F.Cl. The van der Waals surface area contributed by atoms with E-state index in [2.05, 4.69) is 5.32 Å². The maximum Gasteiger partial charge on any atom is 0.236 e. The molecule has 0 unspecified atom stereocenters. The molecule has 1 amide bonds. The van der Waals surface area contributed by atoms with E-state index in [1.807, 2.05) is 13.8 Å². The molecule has 120 valence electrons. The second kappa shape index (κ2) is 9.58. The molecule has 3 N–H and O–H groups in total. The van der Waals surface area contributed by atoms with Crippen molar-refractivity contribution < 1.29 is 13.9 Å². The fraction of sp³-hybridized carbons (Fsp3) is 0.533. The minimum absolute atomic E-state index is 0. The summed E-state index contributed by atoms with van der Waals surface area (Å²) in [7, 11) is 1.43. The van der Waals surface area contributed by atoms with Crippen molar-refractivity contribution in [1.82, 2.24) is 5.32 Å². The van der Waals surface area contributed by atoms with Crippen LogP contribution in [-0.2, 0) is 11.2 Å². The number of amides is 1. The normalized spacial score (nSPS) is 11.7. The highest BCUT2D eigenvalue weighted by molar-refractivity contribution is 5.85. The molecule has 0 fully saturated rings. The fourth-order valence-electron chi connectivity index (χ4n) is 1.94. The van der Waals surface area contributed by atoms with Crippen LogP contribution in [0.15, 0.2) is 18.2 Å². The molecule has 1 aromatic carbocycles. The standard InChI is InChI=1S/C15H23FN2O2.ClH/c1-10(2)8-13(17)15(19)18-7-6-11-4-5-14(20-3)12(16)9-11;/h4-5,9-10,13H,6-8,17H2,1-3H3,(H,18,19);1H/t13-;/m0./s1. The Bertz CT molecular complexity index is 455. The van der Waals surface area contributed by atoms with Crippen LogP contribution in [0.5, 0.6) is 5.75 Å². The van der Waals surface area contributed by atoms with Gasteiger partial charge in [-0.05, 0) is 36.5 Å². The molecule has 0 aliphatic carbocycles. The van der Waals surface area contributed by atoms with E-state index >= 15 is 0 Å². The average molecular weight is 319 g/mol. The summed E-state index contributed by atoms with van der Waals surface area (Å²) in [5, 5.41) is 2.77. The van der Waals surface area contributed by atoms with E-state index < -0.39 is 11.9 Å². The molecule has 0 heterocycles. The largest absolute Gasteiger partial charge is 0.494 e. The summed E-state index contributed by atoms with van der Waals surface area (Å²) in [6.07, 6.45) is 1.21. The molecule has 21 heavy (non-hydrogen) atoms. The van der Waals surface area contributed by atoms with Crippen LogP contribution in [0.4, 0.5) is 4.39 Å². The fourth-order valence-corrected chi connectivity index (χ4v) is 1.94. The number of rotatable bonds is 7. The molecule has 0 aliphatic heterocycles. The quantitative estimate of drug-likeness (QED) is 0.810. The third-order valence-corrected chi connectivity index (χ3v) is 2.99. The number of benzene rings is 1. The molecule has 0 bridgehead atoms. The summed E-state index contributed by atoms with van der Waals surface area (Å²) >= 11 is 0. The van der Waals surface area contributed by atoms with Gasteiger partial charge in [0.25, 0.3) is 0 Å². The van der Waals surface area contributed by atoms with Gasteiger partial charge in [-0.2, -0.15) is 0 Å². The summed E-state index contributed by atoms with van der Waals surface area (Å²) in [6, 6.07) is 4.29. The van der Waals surface area contributed by atoms with Crippen molar-refractivity contribution in [2.24, 2.45) is 11.7 Å². The van der Waals surface area contributed by atoms with E-state index in [4.69, 9.17) is 10.5 Å². The van der Waals surface area contributed by atoms with E-state index in [-0.39, 0.29) is 24.1 Å². The summed E-state index contributed by atoms with van der Waals surface area (Å²) in [5.74, 6) is 0.0451. The third kappa shape index (κ3) is 6.78. The Morgan fingerprint density at radius 2 is 2.10 bits per heavy atom. The molecule has 0 saturated carbocycles. The first kappa shape index (κ1) is 19.7. The number of nitrogens with one attached hydrogen (secondary N) is 1. The molecule has 0 saturated heterocycles. The van der Waals surface area contributed by atoms with Crippen LogP contribution in [0.1, 0.15) is 25.8 Å². The van der Waals surface area contributed by atoms with Crippen molar-refractivity contribution in [3.63, 3.8) is 0 Å². The predicted octanol–water partition coefficient (Wildman–Crippen LogP) is 2.29. The van der Waals surface area contributed by atoms with Gasteiger partial charge in [-0.25, -0.2) is 4.39 Å². The van der Waals surface area contributed by atoms with Crippen molar-refractivity contribution in [2.75, 3.05) is 13.7 Å². The number of carbonyl (C=O) groups is 1. The molecule has 6 heteroatoms. The van der Waals surface area contributed by atoms with Crippen molar-refractivity contribution in [3.8, 4) is 5.75 Å². The van der Waals surface area contributed by atoms with Crippen LogP contribution in [-0.4, -0.2) is 25.6 Å². The van der Waals surface area contributed by atoms with Gasteiger partial charge in [-0.1, -0.05) is 19.9 Å². The highest BCUT2D eigenvalue weighted by Crippen LogP contribution is 2.17. The first-order valence-electron chi connectivity index (χ1n) is 6.79. The van der Waals surface area contributed by atoms with E-state index in [9.17, 15) is 9.18 Å². The monoisotopic (exact) mass is 318 g/mol. The summed E-state index contributed by atoms with van der Waals surface area (Å²) in [4.78, 5) is 11.7. The lowest BCUT2D eigenvalue weighted by molar-refractivity contribution is -0.122. The first-order chi connectivity index (χ1) is 9.43. The van der Waals surface area contributed by atoms with Crippen molar-refractivity contribution in [2.45, 2.75) is 32.7 Å². The van der Waals surface area contributed by atoms with E-state index in [0.717, 1.165) is 5.56 Å². The average Bonchev–Trinajstić information content (AvgIpc) is 2.38. The highest BCUT2D eigenvalue weighted by atomic mass is 35.5. The summed E-state index contributed by atoms with van der Waals surface area (Å²) < 4.78 is 18.3. The Hall–Kier alpha value is -1.33. The number of halogens is 2. The number of hydrogen-bond acceptors (Lipinski definition) is 3. The topological polar surface area (TPSA) is 64.3 Å². The van der Waals surface area contributed by atoms with Crippen LogP contribution in [0.2, 0.25) is 0 Å². The zero-order valence-corrected chi connectivity index (χ0v) is 13.5. The Balaban J connectivity index is 0.00000400. The first-order valence-corrected chi connectivity index (χ1v) is 6.79. The van der Waals surface area contributed by atoms with Gasteiger partial charge in [0, 0.05) is 6.54 Å². The maximum absolute atomic E-state index is 13.5. The zero-order valence-electron chi connectivity index (χ0n) is 12.7. The smallest absolute Gasteiger partial charge is 0.236 e. The lowest BCUT2D eigenvalue weighted by atomic mass is 10.0. The van der Waals surface area contributed by atoms with Gasteiger partial charge in [-0.3, -0.25) is 4.79 Å². The van der Waals surface area contributed by atoms with E-state index in [1.165, 1.54) is 13.2 Å². The Morgan fingerprint density at radius 3 is 2.62 bits per heavy atom. The van der Waals surface area contributed by atoms with Crippen molar-refractivity contribution in [1.29, 1.82) is 0 Å². The minimum atomic E-state index is -0.484. The second-order valence-electron chi connectivity index (χ2n) is 5.25. The minimum Gasteiger partial charge on any atom is -0.494 e. The van der Waals surface area contributed by atoms with Crippen LogP contribution in [0.25, 0.3) is 0 Å². The Labute approximate surface area is 131 Å². The van der Waals surface area contributed by atoms with Gasteiger partial charge in [0.1, 0.15) is 0 Å². The van der Waals surface area contributed by atoms with Crippen molar-refractivity contribution >= 4 is 18.3 Å². The number of methoxy groups -OCH3 is 1. The molecule has 0 aromatic heterocycles. The van der Waals surface area contributed by atoms with Gasteiger partial charge in [-0.15, -0.1) is 12.4 Å². The lowest BCUT2D eigenvalue weighted by Crippen LogP contribution is -2.42. The number of hydrogen-bond donors (Lipinski definition) is 2. The molecule has 1 rings (SSSR count). The van der Waals surface area contributed by atoms with Gasteiger partial charge in [0.05, 0.1) is 13.2 Å². The van der Waals surface area contributed by atoms with Crippen LogP contribution in [0.3, 0.4) is 0 Å². The van der Waals surface area contributed by atoms with Crippen LogP contribution >= 0.6 is 12.4 Å². The van der Waals surface area contributed by atoms with Gasteiger partial charge >= 0.3 is 0 Å². The van der Waals surface area contributed by atoms with Crippen LogP contribution in [0, 0.1) is 11.7 Å². The third-order valence-electron chi connectivity index (χ3n) is 2.99. The van der Waals surface area contributed by atoms with Gasteiger partial charge < -0.3 is 15.8 Å². The summed E-state index contributed by atoms with van der Waals surface area (Å²) in [6.45, 7) is 4.48. The molecule has 1 aromatic rings. The Morgan fingerprint density at radius 1 is 1.43 bits per heavy atom. The van der Waals surface area contributed by atoms with Crippen molar-refractivity contribution in [3.05, 3.63) is 29.6 Å². The summed E-state index contributed by atoms with van der Waals surface area (Å²) in [5.41, 5.74) is 6.58. The maximum atomic E-state index is 13.5. The zero-order chi connectivity index (χ0) is 15.1. The lowest BCUT2D eigenvalue weighted by Gasteiger charge is -2.14. The van der Waals surface area contributed by atoms with E-state index in [1.54, 1.807) is 12.1 Å². The van der Waals surface area contributed by atoms with Gasteiger partial charge in [0.2, 0.25) is 5.91 Å². The van der Waals surface area contributed by atoms with E-state index in [0.29, 0.717) is 25.3 Å². The highest BCUT2D eigenvalue weighted by Gasteiger charge is 2.14. The second-order valence-corrected chi connectivity index (χ2v) is 5.25. The predicted molar refractivity (Wildman–Crippen MR) is 84.3 cm³/mol. The molecule has 1 atom stereocenters. The molecule has 0 radical (unpaired) electrons. The Kier molecular flexibility index (Phi) is 8.97.